The van der Waals surface area contributed by atoms with Gasteiger partial charge < -0.3 is 4.90 Å². The molecule has 0 saturated carbocycles. The van der Waals surface area contributed by atoms with Crippen molar-refractivity contribution in [1.29, 1.82) is 0 Å². The fourth-order valence-corrected chi connectivity index (χ4v) is 2.46. The van der Waals surface area contributed by atoms with Crippen molar-refractivity contribution in [3.8, 4) is 0 Å². The predicted octanol–water partition coefficient (Wildman–Crippen LogP) is 2.96. The highest BCUT2D eigenvalue weighted by atomic mass is 15.1. The van der Waals surface area contributed by atoms with E-state index in [2.05, 4.69) is 42.3 Å². The Morgan fingerprint density at radius 2 is 1.93 bits per heavy atom. The molecule has 1 fully saturated rings. The van der Waals surface area contributed by atoms with Gasteiger partial charge in [-0.05, 0) is 57.3 Å². The first-order chi connectivity index (χ1) is 7.34. The molecule has 0 spiro atoms. The van der Waals surface area contributed by atoms with Crippen LogP contribution in [0.1, 0.15) is 24.8 Å². The molecule has 1 aliphatic rings. The van der Waals surface area contributed by atoms with Crippen LogP contribution in [-0.2, 0) is 6.42 Å². The molecule has 1 heterocycles. The summed E-state index contributed by atoms with van der Waals surface area (Å²) in [5.41, 5.74) is 1.51. The van der Waals surface area contributed by atoms with Crippen LogP contribution >= 0.6 is 0 Å². The molecular weight excluding hydrogens is 182 g/mol. The lowest BCUT2D eigenvalue weighted by molar-refractivity contribution is 0.341. The molecule has 1 unspecified atom stereocenters. The van der Waals surface area contributed by atoms with Crippen molar-refractivity contribution < 1.29 is 0 Å². The molecule has 0 radical (unpaired) electrons. The Labute approximate surface area is 93.1 Å². The molecule has 82 valence electrons. The van der Waals surface area contributed by atoms with Crippen LogP contribution in [0.15, 0.2) is 30.3 Å². The number of benzene rings is 1. The zero-order valence-corrected chi connectivity index (χ0v) is 9.65. The second kappa shape index (κ2) is 5.32. The maximum atomic E-state index is 2.46. The van der Waals surface area contributed by atoms with Crippen molar-refractivity contribution in [3.05, 3.63) is 35.9 Å². The van der Waals surface area contributed by atoms with Gasteiger partial charge in [-0.3, -0.25) is 0 Å². The van der Waals surface area contributed by atoms with Gasteiger partial charge in [0.15, 0.2) is 0 Å². The highest BCUT2D eigenvalue weighted by Gasteiger charge is 2.14. The van der Waals surface area contributed by atoms with Gasteiger partial charge in [0.05, 0.1) is 0 Å². The summed E-state index contributed by atoms with van der Waals surface area (Å²) in [6.07, 6.45) is 5.41. The third-order valence-corrected chi connectivity index (χ3v) is 3.44. The van der Waals surface area contributed by atoms with E-state index < -0.39 is 0 Å². The third kappa shape index (κ3) is 3.35. The summed E-state index contributed by atoms with van der Waals surface area (Å²) in [7, 11) is 2.24. The highest BCUT2D eigenvalue weighted by molar-refractivity contribution is 5.15. The second-order valence-electron chi connectivity index (χ2n) is 4.79. The van der Waals surface area contributed by atoms with E-state index in [0.29, 0.717) is 0 Å². The zero-order chi connectivity index (χ0) is 10.5. The van der Waals surface area contributed by atoms with Gasteiger partial charge in [-0.2, -0.15) is 0 Å². The van der Waals surface area contributed by atoms with Crippen LogP contribution in [0.5, 0.6) is 0 Å². The lowest BCUT2D eigenvalue weighted by Crippen LogP contribution is -2.19. The molecule has 1 aromatic carbocycles. The lowest BCUT2D eigenvalue weighted by Gasteiger charge is -2.14. The van der Waals surface area contributed by atoms with Gasteiger partial charge in [0, 0.05) is 0 Å². The molecule has 1 heteroatoms. The molecule has 0 bridgehead atoms. The van der Waals surface area contributed by atoms with Crippen LogP contribution in [0.25, 0.3) is 0 Å². The normalized spacial score (nSPS) is 23.7. The topological polar surface area (TPSA) is 3.24 Å². The molecule has 0 amide bonds. The lowest BCUT2D eigenvalue weighted by atomic mass is 9.93. The molecule has 1 saturated heterocycles. The summed E-state index contributed by atoms with van der Waals surface area (Å²) in [5.74, 6) is 0.900. The van der Waals surface area contributed by atoms with Crippen LogP contribution < -0.4 is 0 Å². The SMILES string of the molecule is CN1CCCC(Cc2ccccc2)CC1. The Bertz CT molecular complexity index is 281. The van der Waals surface area contributed by atoms with Crippen LogP contribution in [-0.4, -0.2) is 25.0 Å². The molecule has 0 N–H and O–H groups in total. The maximum absolute atomic E-state index is 2.46. The van der Waals surface area contributed by atoms with E-state index in [1.807, 2.05) is 0 Å². The summed E-state index contributed by atoms with van der Waals surface area (Å²) in [6, 6.07) is 10.9. The maximum Gasteiger partial charge on any atom is -0.00190 e. The molecular formula is C14H21N. The van der Waals surface area contributed by atoms with Gasteiger partial charge in [-0.25, -0.2) is 0 Å². The zero-order valence-electron chi connectivity index (χ0n) is 9.65. The average Bonchev–Trinajstić information content (AvgIpc) is 2.46. The van der Waals surface area contributed by atoms with Crippen LogP contribution in [0.4, 0.5) is 0 Å². The first-order valence-electron chi connectivity index (χ1n) is 6.07. The number of hydrogen-bond donors (Lipinski definition) is 0. The third-order valence-electron chi connectivity index (χ3n) is 3.44. The van der Waals surface area contributed by atoms with E-state index in [-0.39, 0.29) is 0 Å². The highest BCUT2D eigenvalue weighted by Crippen LogP contribution is 2.20. The Balaban J connectivity index is 1.89. The molecule has 1 atom stereocenters. The molecule has 1 aliphatic heterocycles. The summed E-state index contributed by atoms with van der Waals surface area (Å²) in [5, 5.41) is 0. The Hall–Kier alpha value is -0.820. The van der Waals surface area contributed by atoms with Crippen molar-refractivity contribution >= 4 is 0 Å². The molecule has 15 heavy (non-hydrogen) atoms. The molecule has 1 nitrogen and oxygen atoms in total. The van der Waals surface area contributed by atoms with E-state index >= 15 is 0 Å². The number of hydrogen-bond acceptors (Lipinski definition) is 1. The van der Waals surface area contributed by atoms with Crippen LogP contribution in [0, 0.1) is 5.92 Å². The van der Waals surface area contributed by atoms with Gasteiger partial charge in [0.1, 0.15) is 0 Å². The number of likely N-dealkylation sites (tertiary alicyclic amines) is 1. The predicted molar refractivity (Wildman–Crippen MR) is 65.0 cm³/mol. The van der Waals surface area contributed by atoms with Gasteiger partial charge in [-0.1, -0.05) is 30.3 Å². The molecule has 1 aromatic rings. The van der Waals surface area contributed by atoms with Gasteiger partial charge in [0.25, 0.3) is 0 Å². The van der Waals surface area contributed by atoms with Gasteiger partial charge >= 0.3 is 0 Å². The van der Waals surface area contributed by atoms with E-state index in [1.54, 1.807) is 0 Å². The Kier molecular flexibility index (Phi) is 3.79. The van der Waals surface area contributed by atoms with E-state index in [1.165, 1.54) is 44.3 Å². The fourth-order valence-electron chi connectivity index (χ4n) is 2.46. The van der Waals surface area contributed by atoms with E-state index in [9.17, 15) is 0 Å². The van der Waals surface area contributed by atoms with Crippen molar-refractivity contribution in [2.75, 3.05) is 20.1 Å². The minimum Gasteiger partial charge on any atom is -0.306 e. The largest absolute Gasteiger partial charge is 0.306 e. The van der Waals surface area contributed by atoms with E-state index in [4.69, 9.17) is 0 Å². The van der Waals surface area contributed by atoms with Gasteiger partial charge in [0.2, 0.25) is 0 Å². The smallest absolute Gasteiger partial charge is 0.00190 e. The first kappa shape index (κ1) is 10.7. The van der Waals surface area contributed by atoms with Crippen molar-refractivity contribution in [3.63, 3.8) is 0 Å². The quantitative estimate of drug-likeness (QED) is 0.714. The minimum absolute atomic E-state index is 0.900. The van der Waals surface area contributed by atoms with Crippen LogP contribution in [0.3, 0.4) is 0 Å². The standard InChI is InChI=1S/C14H21N/c1-15-10-5-8-14(9-11-15)12-13-6-3-2-4-7-13/h2-4,6-7,14H,5,8-12H2,1H3. The number of nitrogens with zero attached hydrogens (tertiary/aromatic N) is 1. The number of rotatable bonds is 2. The average molecular weight is 203 g/mol. The summed E-state index contributed by atoms with van der Waals surface area (Å²) < 4.78 is 0. The van der Waals surface area contributed by atoms with Crippen LogP contribution in [0.2, 0.25) is 0 Å². The minimum atomic E-state index is 0.900. The second-order valence-corrected chi connectivity index (χ2v) is 4.79. The van der Waals surface area contributed by atoms with Crippen molar-refractivity contribution in [1.82, 2.24) is 4.90 Å². The molecule has 0 aromatic heterocycles. The van der Waals surface area contributed by atoms with E-state index in [0.717, 1.165) is 5.92 Å². The van der Waals surface area contributed by atoms with Crippen molar-refractivity contribution in [2.24, 2.45) is 5.92 Å². The molecule has 0 aliphatic carbocycles. The molecule has 2 rings (SSSR count). The van der Waals surface area contributed by atoms with Crippen molar-refractivity contribution in [2.45, 2.75) is 25.7 Å². The monoisotopic (exact) mass is 203 g/mol. The summed E-state index contributed by atoms with van der Waals surface area (Å²) in [6.45, 7) is 2.56. The first-order valence-corrected chi connectivity index (χ1v) is 6.07. The Morgan fingerprint density at radius 1 is 1.13 bits per heavy atom. The Morgan fingerprint density at radius 3 is 2.73 bits per heavy atom. The fraction of sp³-hybridized carbons (Fsp3) is 0.571. The summed E-state index contributed by atoms with van der Waals surface area (Å²) >= 11 is 0. The van der Waals surface area contributed by atoms with Gasteiger partial charge in [-0.15, -0.1) is 0 Å². The summed E-state index contributed by atoms with van der Waals surface area (Å²) in [4.78, 5) is 2.46.